The second kappa shape index (κ2) is 4.21. The van der Waals surface area contributed by atoms with Crippen LogP contribution in [0.3, 0.4) is 0 Å². The molecule has 0 saturated carbocycles. The number of nitrogens with zero attached hydrogens (tertiary/aromatic N) is 4. The number of quaternary nitrogens is 1. The van der Waals surface area contributed by atoms with Crippen molar-refractivity contribution in [2.24, 2.45) is 10.2 Å². The van der Waals surface area contributed by atoms with Crippen molar-refractivity contribution in [2.45, 2.75) is 6.92 Å². The van der Waals surface area contributed by atoms with Crippen molar-refractivity contribution in [3.05, 3.63) is 0 Å². The maximum absolute atomic E-state index is 4.36. The standard InChI is InChI=1S/C8H19N4/c1-8(7-9-11(2)3)10-12(4,5)6/h7H,1-6H3/q+1/b9-7+,10-8+. The molecule has 0 aromatic heterocycles. The third-order valence-electron chi connectivity index (χ3n) is 0.933. The molecule has 0 saturated heterocycles. The van der Waals surface area contributed by atoms with Gasteiger partial charge in [-0.05, 0) is 6.92 Å². The van der Waals surface area contributed by atoms with Gasteiger partial charge >= 0.3 is 0 Å². The van der Waals surface area contributed by atoms with E-state index in [1.165, 1.54) is 0 Å². The molecule has 4 nitrogen and oxygen atoms in total. The summed E-state index contributed by atoms with van der Waals surface area (Å²) in [4.78, 5) is 0. The highest BCUT2D eigenvalue weighted by atomic mass is 15.6. The third kappa shape index (κ3) is 7.21. The molecule has 0 aromatic carbocycles. The Hall–Kier alpha value is -0.900. The van der Waals surface area contributed by atoms with E-state index in [-0.39, 0.29) is 0 Å². The van der Waals surface area contributed by atoms with Gasteiger partial charge in [-0.15, -0.1) is 0 Å². The summed E-state index contributed by atoms with van der Waals surface area (Å²) in [6.07, 6.45) is 1.75. The van der Waals surface area contributed by atoms with E-state index in [1.54, 1.807) is 11.2 Å². The summed E-state index contributed by atoms with van der Waals surface area (Å²) >= 11 is 0. The maximum atomic E-state index is 4.36. The minimum absolute atomic E-state index is 0.575. The van der Waals surface area contributed by atoms with Gasteiger partial charge in [0, 0.05) is 14.1 Å². The van der Waals surface area contributed by atoms with Crippen molar-refractivity contribution in [3.63, 3.8) is 0 Å². The molecule has 0 amide bonds. The number of hydrogen-bond acceptors (Lipinski definition) is 3. The van der Waals surface area contributed by atoms with Gasteiger partial charge in [0.1, 0.15) is 5.71 Å². The minimum atomic E-state index is 0.575. The van der Waals surface area contributed by atoms with Gasteiger partial charge in [-0.3, -0.25) is 0 Å². The first-order valence-electron chi connectivity index (χ1n) is 3.91. The van der Waals surface area contributed by atoms with Crippen molar-refractivity contribution in [1.29, 1.82) is 0 Å². The van der Waals surface area contributed by atoms with E-state index >= 15 is 0 Å². The molecule has 70 valence electrons. The fraction of sp³-hybridized carbons (Fsp3) is 0.750. The average molecular weight is 171 g/mol. The number of rotatable bonds is 3. The molecule has 0 aliphatic rings. The summed E-state index contributed by atoms with van der Waals surface area (Å²) in [7, 11) is 9.79. The van der Waals surface area contributed by atoms with Crippen LogP contribution >= 0.6 is 0 Å². The summed E-state index contributed by atoms with van der Waals surface area (Å²) in [5.41, 5.74) is 0.927. The van der Waals surface area contributed by atoms with E-state index in [1.807, 2.05) is 42.2 Å². The van der Waals surface area contributed by atoms with E-state index in [4.69, 9.17) is 0 Å². The lowest BCUT2D eigenvalue weighted by Crippen LogP contribution is -2.29. The molecule has 0 rings (SSSR count). The molecule has 0 heterocycles. The topological polar surface area (TPSA) is 28.0 Å². The zero-order chi connectivity index (χ0) is 9.78. The van der Waals surface area contributed by atoms with Gasteiger partial charge in [-0.2, -0.15) is 5.10 Å². The minimum Gasteiger partial charge on any atom is -0.303 e. The Kier molecular flexibility index (Phi) is 3.89. The van der Waals surface area contributed by atoms with Gasteiger partial charge in [0.2, 0.25) is 0 Å². The first kappa shape index (κ1) is 11.1. The zero-order valence-electron chi connectivity index (χ0n) is 8.87. The SMILES string of the molecule is CC(/C=N/N(C)C)=N\[N+](C)(C)C. The first-order chi connectivity index (χ1) is 5.31. The quantitative estimate of drug-likeness (QED) is 0.347. The second-order valence-electron chi connectivity index (χ2n) is 3.77. The molecule has 4 heteroatoms. The van der Waals surface area contributed by atoms with E-state index < -0.39 is 0 Å². The van der Waals surface area contributed by atoms with Crippen molar-refractivity contribution in [2.75, 3.05) is 35.2 Å². The van der Waals surface area contributed by atoms with Crippen LogP contribution in [0.4, 0.5) is 0 Å². The van der Waals surface area contributed by atoms with Gasteiger partial charge in [0.15, 0.2) is 0 Å². The molecule has 0 unspecified atom stereocenters. The van der Waals surface area contributed by atoms with Crippen molar-refractivity contribution < 1.29 is 4.59 Å². The first-order valence-corrected chi connectivity index (χ1v) is 3.91. The molecule has 0 aliphatic heterocycles. The van der Waals surface area contributed by atoms with Crippen LogP contribution in [0.15, 0.2) is 10.2 Å². The fourth-order valence-corrected chi connectivity index (χ4v) is 0.698. The Morgan fingerprint density at radius 3 is 2.08 bits per heavy atom. The molecule has 0 atom stereocenters. The summed E-state index contributed by atoms with van der Waals surface area (Å²) in [6.45, 7) is 1.94. The van der Waals surface area contributed by atoms with Gasteiger partial charge in [-0.25, -0.2) is 4.59 Å². The van der Waals surface area contributed by atoms with Crippen LogP contribution in [0.25, 0.3) is 0 Å². The molecular weight excluding hydrogens is 152 g/mol. The fourth-order valence-electron chi connectivity index (χ4n) is 0.698. The molecule has 12 heavy (non-hydrogen) atoms. The molecule has 0 N–H and O–H groups in total. The summed E-state index contributed by atoms with van der Waals surface area (Å²) in [5.74, 6) is 0. The largest absolute Gasteiger partial charge is 0.303 e. The van der Waals surface area contributed by atoms with Crippen molar-refractivity contribution in [3.8, 4) is 0 Å². The molecule has 0 aliphatic carbocycles. The number of hydrogen-bond donors (Lipinski definition) is 0. The second-order valence-corrected chi connectivity index (χ2v) is 3.77. The smallest absolute Gasteiger partial charge is 0.113 e. The Morgan fingerprint density at radius 2 is 1.75 bits per heavy atom. The predicted octanol–water partition coefficient (Wildman–Crippen LogP) is 0.616. The normalized spacial score (nSPS) is 14.0. The number of hydrazone groups is 1. The molecule has 0 aromatic rings. The average Bonchev–Trinajstić information content (AvgIpc) is 1.79. The van der Waals surface area contributed by atoms with Gasteiger partial charge in [0.05, 0.1) is 27.4 Å². The third-order valence-corrected chi connectivity index (χ3v) is 0.933. The molecule has 0 spiro atoms. The summed E-state index contributed by atoms with van der Waals surface area (Å²) < 4.78 is 0.575. The Bertz CT molecular complexity index is 186. The van der Waals surface area contributed by atoms with Crippen LogP contribution in [0.2, 0.25) is 0 Å². The lowest BCUT2D eigenvalue weighted by molar-refractivity contribution is -0.876. The zero-order valence-corrected chi connectivity index (χ0v) is 8.87. The lowest BCUT2D eigenvalue weighted by atomic mass is 10.5. The van der Waals surface area contributed by atoms with Crippen LogP contribution in [0.5, 0.6) is 0 Å². The van der Waals surface area contributed by atoms with Gasteiger partial charge < -0.3 is 5.01 Å². The van der Waals surface area contributed by atoms with E-state index in [2.05, 4.69) is 10.2 Å². The van der Waals surface area contributed by atoms with Gasteiger partial charge in [-0.1, -0.05) is 5.10 Å². The molecular formula is C8H19N4+. The van der Waals surface area contributed by atoms with Gasteiger partial charge in [0.25, 0.3) is 0 Å². The molecule has 0 fully saturated rings. The van der Waals surface area contributed by atoms with Crippen molar-refractivity contribution in [1.82, 2.24) is 5.01 Å². The van der Waals surface area contributed by atoms with E-state index in [9.17, 15) is 0 Å². The van der Waals surface area contributed by atoms with Crippen molar-refractivity contribution >= 4 is 11.9 Å². The Labute approximate surface area is 74.8 Å². The van der Waals surface area contributed by atoms with Crippen LogP contribution in [-0.4, -0.2) is 56.8 Å². The molecule has 0 bridgehead atoms. The van der Waals surface area contributed by atoms with Crippen LogP contribution < -0.4 is 0 Å². The molecule has 0 radical (unpaired) electrons. The van der Waals surface area contributed by atoms with Crippen LogP contribution in [0.1, 0.15) is 6.92 Å². The Morgan fingerprint density at radius 1 is 1.25 bits per heavy atom. The predicted molar refractivity (Wildman–Crippen MR) is 53.3 cm³/mol. The Balaban J connectivity index is 4.21. The van der Waals surface area contributed by atoms with Crippen LogP contribution in [-0.2, 0) is 0 Å². The monoisotopic (exact) mass is 171 g/mol. The summed E-state index contributed by atoms with van der Waals surface area (Å²) in [6, 6.07) is 0. The highest BCUT2D eigenvalue weighted by Crippen LogP contribution is 1.91. The maximum Gasteiger partial charge on any atom is 0.113 e. The highest BCUT2D eigenvalue weighted by Gasteiger charge is 2.03. The lowest BCUT2D eigenvalue weighted by Gasteiger charge is -2.15. The van der Waals surface area contributed by atoms with Crippen LogP contribution in [0, 0.1) is 0 Å². The van der Waals surface area contributed by atoms with E-state index in [0.717, 1.165) is 5.71 Å². The van der Waals surface area contributed by atoms with E-state index in [0.29, 0.717) is 4.59 Å². The highest BCUT2D eigenvalue weighted by molar-refractivity contribution is 6.29. The summed E-state index contributed by atoms with van der Waals surface area (Å²) in [5, 5.41) is 10.2.